The van der Waals surface area contributed by atoms with Crippen LogP contribution < -0.4 is 0 Å². The minimum Gasteiger partial charge on any atom is -0.342 e. The smallest absolute Gasteiger partial charge is 0.0490 e. The molecule has 0 atom stereocenters. The molecule has 0 amide bonds. The molecule has 3 aromatic rings. The highest BCUT2D eigenvalue weighted by atomic mass is 15.0. The molecule has 2 heteroatoms. The first kappa shape index (κ1) is 12.7. The van der Waals surface area contributed by atoms with E-state index in [2.05, 4.69) is 77.3 Å². The lowest BCUT2D eigenvalue weighted by atomic mass is 10.2. The standard InChI is InChI=1S/C18H18N2/c1-2-19-12-16-14-20(13-15-8-4-3-5-9-15)18-11-7-6-10-17(16)18/h3-12,14H,2,13H2,1H3. The first-order chi connectivity index (χ1) is 9.88. The topological polar surface area (TPSA) is 17.3 Å². The van der Waals surface area contributed by atoms with E-state index in [1.54, 1.807) is 0 Å². The molecule has 3 rings (SSSR count). The summed E-state index contributed by atoms with van der Waals surface area (Å²) >= 11 is 0. The average Bonchev–Trinajstić information content (AvgIpc) is 2.85. The summed E-state index contributed by atoms with van der Waals surface area (Å²) in [5.74, 6) is 0. The summed E-state index contributed by atoms with van der Waals surface area (Å²) in [7, 11) is 0. The number of nitrogens with zero attached hydrogens (tertiary/aromatic N) is 2. The van der Waals surface area contributed by atoms with Crippen molar-refractivity contribution in [2.24, 2.45) is 4.99 Å². The van der Waals surface area contributed by atoms with E-state index < -0.39 is 0 Å². The average molecular weight is 262 g/mol. The Morgan fingerprint density at radius 3 is 2.55 bits per heavy atom. The third kappa shape index (κ3) is 2.50. The molecule has 0 saturated carbocycles. The fourth-order valence-electron chi connectivity index (χ4n) is 2.48. The molecule has 0 spiro atoms. The van der Waals surface area contributed by atoms with Gasteiger partial charge in [-0.25, -0.2) is 0 Å². The van der Waals surface area contributed by atoms with Crippen LogP contribution >= 0.6 is 0 Å². The minimum absolute atomic E-state index is 0.818. The number of rotatable bonds is 4. The summed E-state index contributed by atoms with van der Waals surface area (Å²) in [5, 5.41) is 1.26. The van der Waals surface area contributed by atoms with Crippen LogP contribution in [0.3, 0.4) is 0 Å². The van der Waals surface area contributed by atoms with Crippen LogP contribution in [0.15, 0.2) is 65.8 Å². The predicted octanol–water partition coefficient (Wildman–Crippen LogP) is 4.13. The Bertz CT molecular complexity index is 724. The van der Waals surface area contributed by atoms with Crippen molar-refractivity contribution in [3.8, 4) is 0 Å². The predicted molar refractivity (Wildman–Crippen MR) is 85.6 cm³/mol. The minimum atomic E-state index is 0.818. The van der Waals surface area contributed by atoms with Crippen molar-refractivity contribution in [3.05, 3.63) is 71.9 Å². The summed E-state index contributed by atoms with van der Waals surface area (Å²) in [6.07, 6.45) is 4.17. The molecule has 0 bridgehead atoms. The van der Waals surface area contributed by atoms with Gasteiger partial charge in [0.05, 0.1) is 0 Å². The van der Waals surface area contributed by atoms with Gasteiger partial charge >= 0.3 is 0 Å². The second-order valence-electron chi connectivity index (χ2n) is 4.84. The molecule has 0 aliphatic rings. The van der Waals surface area contributed by atoms with Crippen LogP contribution in [-0.4, -0.2) is 17.3 Å². The molecule has 2 nitrogen and oxygen atoms in total. The van der Waals surface area contributed by atoms with Gasteiger partial charge in [-0.2, -0.15) is 0 Å². The number of aliphatic imine (C=N–C) groups is 1. The van der Waals surface area contributed by atoms with Gasteiger partial charge in [0.15, 0.2) is 0 Å². The molecule has 0 saturated heterocycles. The maximum Gasteiger partial charge on any atom is 0.0490 e. The van der Waals surface area contributed by atoms with Crippen LogP contribution in [0.5, 0.6) is 0 Å². The highest BCUT2D eigenvalue weighted by Gasteiger charge is 2.06. The van der Waals surface area contributed by atoms with Crippen molar-refractivity contribution in [2.45, 2.75) is 13.5 Å². The molecule has 1 aromatic heterocycles. The molecule has 2 aromatic carbocycles. The molecule has 0 N–H and O–H groups in total. The maximum atomic E-state index is 4.37. The van der Waals surface area contributed by atoms with Gasteiger partial charge in [0.1, 0.15) is 0 Å². The van der Waals surface area contributed by atoms with Crippen molar-refractivity contribution in [2.75, 3.05) is 6.54 Å². The Morgan fingerprint density at radius 2 is 1.75 bits per heavy atom. The summed E-state index contributed by atoms with van der Waals surface area (Å²) < 4.78 is 2.29. The first-order valence-electron chi connectivity index (χ1n) is 7.00. The van der Waals surface area contributed by atoms with Crippen LogP contribution in [0.25, 0.3) is 10.9 Å². The van der Waals surface area contributed by atoms with Gasteiger partial charge in [0.2, 0.25) is 0 Å². The van der Waals surface area contributed by atoms with Crippen molar-refractivity contribution >= 4 is 17.1 Å². The molecule has 0 unspecified atom stereocenters. The molecule has 0 aliphatic carbocycles. The van der Waals surface area contributed by atoms with E-state index in [4.69, 9.17) is 0 Å². The lowest BCUT2D eigenvalue weighted by Crippen LogP contribution is -1.97. The molecule has 20 heavy (non-hydrogen) atoms. The Kier molecular flexibility index (Phi) is 3.64. The normalized spacial score (nSPS) is 11.4. The Balaban J connectivity index is 2.04. The maximum absolute atomic E-state index is 4.37. The summed E-state index contributed by atoms with van der Waals surface area (Å²) in [6, 6.07) is 19.0. The van der Waals surface area contributed by atoms with Crippen molar-refractivity contribution in [3.63, 3.8) is 0 Å². The first-order valence-corrected chi connectivity index (χ1v) is 7.00. The highest BCUT2D eigenvalue weighted by molar-refractivity contribution is 5.99. The molecular formula is C18H18N2. The Hall–Kier alpha value is -2.35. The zero-order chi connectivity index (χ0) is 13.8. The van der Waals surface area contributed by atoms with Gasteiger partial charge < -0.3 is 4.57 Å². The van der Waals surface area contributed by atoms with E-state index in [0.717, 1.165) is 13.1 Å². The molecule has 0 aliphatic heterocycles. The van der Waals surface area contributed by atoms with Crippen molar-refractivity contribution in [1.82, 2.24) is 4.57 Å². The summed E-state index contributed by atoms with van der Waals surface area (Å²) in [6.45, 7) is 3.76. The van der Waals surface area contributed by atoms with Gasteiger partial charge in [0.25, 0.3) is 0 Å². The zero-order valence-corrected chi connectivity index (χ0v) is 11.7. The second-order valence-corrected chi connectivity index (χ2v) is 4.84. The van der Waals surface area contributed by atoms with Gasteiger partial charge in [-0.05, 0) is 18.6 Å². The van der Waals surface area contributed by atoms with Crippen LogP contribution in [-0.2, 0) is 6.54 Å². The van der Waals surface area contributed by atoms with E-state index in [1.807, 2.05) is 6.21 Å². The number of hydrogen-bond acceptors (Lipinski definition) is 1. The number of fused-ring (bicyclic) bond motifs is 1. The zero-order valence-electron chi connectivity index (χ0n) is 11.7. The monoisotopic (exact) mass is 262 g/mol. The lowest BCUT2D eigenvalue weighted by molar-refractivity contribution is 0.836. The van der Waals surface area contributed by atoms with Gasteiger partial charge in [-0.15, -0.1) is 0 Å². The largest absolute Gasteiger partial charge is 0.342 e. The van der Waals surface area contributed by atoms with E-state index in [1.165, 1.54) is 22.0 Å². The SMILES string of the molecule is CCN=Cc1cn(Cc2ccccc2)c2ccccc12. The quantitative estimate of drug-likeness (QED) is 0.629. The third-order valence-corrected chi connectivity index (χ3v) is 3.43. The third-order valence-electron chi connectivity index (χ3n) is 3.43. The van der Waals surface area contributed by atoms with Gasteiger partial charge in [-0.3, -0.25) is 4.99 Å². The van der Waals surface area contributed by atoms with Crippen LogP contribution in [0.2, 0.25) is 0 Å². The molecular weight excluding hydrogens is 244 g/mol. The fourth-order valence-corrected chi connectivity index (χ4v) is 2.48. The van der Waals surface area contributed by atoms with E-state index in [9.17, 15) is 0 Å². The molecule has 100 valence electrons. The van der Waals surface area contributed by atoms with Crippen molar-refractivity contribution < 1.29 is 0 Å². The van der Waals surface area contributed by atoms with Crippen molar-refractivity contribution in [1.29, 1.82) is 0 Å². The molecule has 0 radical (unpaired) electrons. The highest BCUT2D eigenvalue weighted by Crippen LogP contribution is 2.21. The lowest BCUT2D eigenvalue weighted by Gasteiger charge is -2.05. The van der Waals surface area contributed by atoms with Crippen LogP contribution in [0, 0.1) is 0 Å². The molecule has 1 heterocycles. The van der Waals surface area contributed by atoms with Gasteiger partial charge in [-0.1, -0.05) is 48.5 Å². The molecule has 0 fully saturated rings. The van der Waals surface area contributed by atoms with Crippen LogP contribution in [0.1, 0.15) is 18.1 Å². The second kappa shape index (κ2) is 5.74. The van der Waals surface area contributed by atoms with Gasteiger partial charge in [0, 0.05) is 42.0 Å². The number of aromatic nitrogens is 1. The van der Waals surface area contributed by atoms with Crippen LogP contribution in [0.4, 0.5) is 0 Å². The number of para-hydroxylation sites is 1. The number of hydrogen-bond donors (Lipinski definition) is 0. The number of benzene rings is 2. The van der Waals surface area contributed by atoms with E-state index >= 15 is 0 Å². The fraction of sp³-hybridized carbons (Fsp3) is 0.167. The van der Waals surface area contributed by atoms with E-state index in [-0.39, 0.29) is 0 Å². The van der Waals surface area contributed by atoms with E-state index in [0.29, 0.717) is 0 Å². The summed E-state index contributed by atoms with van der Waals surface area (Å²) in [4.78, 5) is 4.37. The Labute approximate surface area is 119 Å². The summed E-state index contributed by atoms with van der Waals surface area (Å²) in [5.41, 5.74) is 3.76. The Morgan fingerprint density at radius 1 is 1.00 bits per heavy atom.